The second-order valence-electron chi connectivity index (χ2n) is 10.0. The summed E-state index contributed by atoms with van der Waals surface area (Å²) in [5.41, 5.74) is 2.47. The van der Waals surface area contributed by atoms with E-state index in [0.29, 0.717) is 5.41 Å². The third-order valence-corrected chi connectivity index (χ3v) is 15.9. The standard InChI is InChI=1S/C16H28B.3CH3.Pb/c1-5-15-13-8-6-10-14(11-7-9-13)17(15)12-16(2,3)4;;;;/h13-14H,6-12H2,1-4H3;3*1H3;. The van der Waals surface area contributed by atoms with Gasteiger partial charge < -0.3 is 0 Å². The Balaban J connectivity index is 2.48. The summed E-state index contributed by atoms with van der Waals surface area (Å²) in [6, 6.07) is 0. The summed E-state index contributed by atoms with van der Waals surface area (Å²) < 4.78 is 9.85. The second kappa shape index (κ2) is 6.69. The molecule has 2 fully saturated rings. The monoisotopic (exact) mass is 484 g/mol. The first-order valence-electron chi connectivity index (χ1n) is 9.31. The molecular weight excluding hydrogens is 446 g/mol. The van der Waals surface area contributed by atoms with Gasteiger partial charge in [0.25, 0.3) is 0 Å². The molecule has 0 aromatic rings. The molecule has 0 nitrogen and oxygen atoms in total. The summed E-state index contributed by atoms with van der Waals surface area (Å²) in [4.78, 5) is 0. The Hall–Kier alpha value is 0.727. The normalized spacial score (nSPS) is 30.1. The van der Waals surface area contributed by atoms with Gasteiger partial charge in [0.15, 0.2) is 0 Å². The second-order valence-corrected chi connectivity index (χ2v) is 30.4. The van der Waals surface area contributed by atoms with Crippen molar-refractivity contribution in [3.8, 4) is 0 Å². The van der Waals surface area contributed by atoms with Crippen molar-refractivity contribution >= 4 is 27.9 Å². The quantitative estimate of drug-likeness (QED) is 0.388. The molecule has 0 aliphatic carbocycles. The summed E-state index contributed by atoms with van der Waals surface area (Å²) in [5, 5.41) is 0. The van der Waals surface area contributed by atoms with Gasteiger partial charge in [0.2, 0.25) is 0 Å². The molecule has 0 atom stereocenters. The number of rotatable bonds is 2. The van der Waals surface area contributed by atoms with Crippen LogP contribution in [0.1, 0.15) is 66.2 Å². The molecule has 0 N–H and O–H groups in total. The number of fused-ring (bicyclic) bond motifs is 3. The molecule has 0 amide bonds. The van der Waals surface area contributed by atoms with Crippen molar-refractivity contribution in [3.05, 3.63) is 8.60 Å². The van der Waals surface area contributed by atoms with Crippen molar-refractivity contribution in [2.24, 2.45) is 11.3 Å². The van der Waals surface area contributed by atoms with E-state index < -0.39 is 21.2 Å². The molecule has 120 valence electrons. The zero-order chi connectivity index (χ0) is 15.8. The fourth-order valence-electron chi connectivity index (χ4n) is 4.77. The van der Waals surface area contributed by atoms with Gasteiger partial charge in [0.1, 0.15) is 0 Å². The van der Waals surface area contributed by atoms with E-state index >= 15 is 0 Å². The van der Waals surface area contributed by atoms with E-state index in [0.717, 1.165) is 18.4 Å². The first-order valence-corrected chi connectivity index (χ1v) is 22.9. The van der Waals surface area contributed by atoms with Gasteiger partial charge in [-0.05, 0) is 0 Å². The SMILES string of the molecule is C/[C](=C1/B(CC(C)(C)C)C2CCCC1CCC2)[Pb]([CH3])([CH3])[CH3]. The molecule has 0 spiro atoms. The number of hydrogen-bond acceptors (Lipinski definition) is 0. The minimum absolute atomic E-state index is 0.475. The Bertz CT molecular complexity index is 387. The molecule has 0 aromatic carbocycles. The Labute approximate surface area is 139 Å². The predicted octanol–water partition coefficient (Wildman–Crippen LogP) is 6.61. The van der Waals surface area contributed by atoms with Gasteiger partial charge in [-0.2, -0.15) is 0 Å². The molecule has 0 radical (unpaired) electrons. The van der Waals surface area contributed by atoms with Crippen molar-refractivity contribution in [2.75, 3.05) is 0 Å². The van der Waals surface area contributed by atoms with Crippen molar-refractivity contribution < 1.29 is 0 Å². The third kappa shape index (κ3) is 4.61. The van der Waals surface area contributed by atoms with Crippen molar-refractivity contribution in [1.82, 2.24) is 0 Å². The van der Waals surface area contributed by atoms with E-state index in [4.69, 9.17) is 0 Å². The van der Waals surface area contributed by atoms with Crippen LogP contribution in [0.25, 0.3) is 0 Å². The summed E-state index contributed by atoms with van der Waals surface area (Å²) in [5.74, 6) is 1.95. The molecule has 0 saturated carbocycles. The van der Waals surface area contributed by atoms with Crippen LogP contribution in [0.15, 0.2) is 8.60 Å². The van der Waals surface area contributed by atoms with Crippen LogP contribution in [0.2, 0.25) is 25.6 Å². The molecule has 2 bridgehead atoms. The molecule has 0 aromatic heterocycles. The fraction of sp³-hybridized carbons (Fsp3) is 0.895. The third-order valence-electron chi connectivity index (χ3n) is 6.05. The van der Waals surface area contributed by atoms with Crippen LogP contribution in [0.5, 0.6) is 0 Å². The summed E-state index contributed by atoms with van der Waals surface area (Å²) in [6.45, 7) is 10.8. The Morgan fingerprint density at radius 1 is 1.05 bits per heavy atom. The number of allylic oxidation sites excluding steroid dienone is 2. The zero-order valence-corrected chi connectivity index (χ0v) is 19.6. The van der Waals surface area contributed by atoms with Gasteiger partial charge in [-0.25, -0.2) is 0 Å². The Kier molecular flexibility index (Phi) is 5.76. The first kappa shape index (κ1) is 18.1. The van der Waals surface area contributed by atoms with Crippen LogP contribution in [-0.4, -0.2) is 27.9 Å². The molecule has 21 heavy (non-hydrogen) atoms. The van der Waals surface area contributed by atoms with Gasteiger partial charge >= 0.3 is 140 Å². The van der Waals surface area contributed by atoms with Crippen LogP contribution >= 0.6 is 0 Å². The van der Waals surface area contributed by atoms with Crippen molar-refractivity contribution in [3.63, 3.8) is 0 Å². The molecular formula is C19H37BPb. The molecule has 2 rings (SSSR count). The molecule has 2 heterocycles. The first-order chi connectivity index (χ1) is 9.59. The zero-order valence-electron chi connectivity index (χ0n) is 15.7. The Morgan fingerprint density at radius 2 is 1.57 bits per heavy atom. The van der Waals surface area contributed by atoms with Crippen LogP contribution in [0, 0.1) is 11.3 Å². The summed E-state index contributed by atoms with van der Waals surface area (Å²) in [7, 11) is 0. The van der Waals surface area contributed by atoms with Gasteiger partial charge in [0.05, 0.1) is 0 Å². The van der Waals surface area contributed by atoms with Gasteiger partial charge in [-0.3, -0.25) is 0 Å². The maximum absolute atomic E-state index is 2.64. The van der Waals surface area contributed by atoms with Crippen LogP contribution in [-0.2, 0) is 0 Å². The van der Waals surface area contributed by atoms with E-state index in [1.165, 1.54) is 44.8 Å². The minimum atomic E-state index is -2.07. The molecule has 2 saturated heterocycles. The van der Waals surface area contributed by atoms with Gasteiger partial charge in [-0.1, -0.05) is 0 Å². The van der Waals surface area contributed by atoms with Crippen LogP contribution in [0.3, 0.4) is 0 Å². The van der Waals surface area contributed by atoms with Gasteiger partial charge in [-0.15, -0.1) is 0 Å². The maximum atomic E-state index is 2.64. The topological polar surface area (TPSA) is 0 Å². The van der Waals surface area contributed by atoms with Crippen LogP contribution < -0.4 is 0 Å². The van der Waals surface area contributed by atoms with E-state index in [2.05, 4.69) is 41.1 Å². The number of hydrogen-bond donors (Lipinski definition) is 0. The average Bonchev–Trinajstić information content (AvgIpc) is 2.51. The Morgan fingerprint density at radius 3 is 2.00 bits per heavy atom. The summed E-state index contributed by atoms with van der Waals surface area (Å²) >= 11 is -2.07. The fourth-order valence-corrected chi connectivity index (χ4v) is 9.65. The molecule has 2 heteroatoms. The van der Waals surface area contributed by atoms with E-state index in [1.54, 1.807) is 0 Å². The van der Waals surface area contributed by atoms with E-state index in [9.17, 15) is 0 Å². The van der Waals surface area contributed by atoms with Gasteiger partial charge in [0, 0.05) is 0 Å². The van der Waals surface area contributed by atoms with Crippen LogP contribution in [0.4, 0.5) is 0 Å². The van der Waals surface area contributed by atoms with Crippen molar-refractivity contribution in [1.29, 1.82) is 0 Å². The molecule has 2 aliphatic heterocycles. The van der Waals surface area contributed by atoms with Crippen molar-refractivity contribution in [2.45, 2.75) is 91.8 Å². The average molecular weight is 484 g/mol. The van der Waals surface area contributed by atoms with E-state index in [-0.39, 0.29) is 0 Å². The molecule has 2 aliphatic rings. The van der Waals surface area contributed by atoms with E-state index in [1.807, 2.05) is 8.60 Å². The summed E-state index contributed by atoms with van der Waals surface area (Å²) in [6.07, 6.45) is 10.4. The predicted molar refractivity (Wildman–Crippen MR) is 101 cm³/mol. The molecule has 0 unspecified atom stereocenters.